The lowest BCUT2D eigenvalue weighted by Crippen LogP contribution is -2.39. The maximum atomic E-state index is 14.1. The van der Waals surface area contributed by atoms with Gasteiger partial charge < -0.3 is 4.90 Å². The van der Waals surface area contributed by atoms with Crippen LogP contribution in [0.15, 0.2) is 78.9 Å². The number of halogens is 4. The van der Waals surface area contributed by atoms with Crippen LogP contribution >= 0.6 is 0 Å². The van der Waals surface area contributed by atoms with Crippen molar-refractivity contribution in [1.29, 1.82) is 0 Å². The third kappa shape index (κ3) is 6.98. The largest absolute Gasteiger partial charge is 0.416 e. The fourth-order valence-electron chi connectivity index (χ4n) is 5.22. The topological polar surface area (TPSA) is 23.6 Å². The molecule has 0 bridgehead atoms. The van der Waals surface area contributed by atoms with Crippen LogP contribution in [-0.2, 0) is 12.7 Å². The van der Waals surface area contributed by atoms with Crippen LogP contribution in [0.1, 0.15) is 46.8 Å². The lowest BCUT2D eigenvalue weighted by molar-refractivity contribution is -0.137. The van der Waals surface area contributed by atoms with Gasteiger partial charge in [0.15, 0.2) is 0 Å². The number of rotatable bonds is 8. The molecule has 0 spiro atoms. The van der Waals surface area contributed by atoms with E-state index >= 15 is 0 Å². The van der Waals surface area contributed by atoms with Gasteiger partial charge in [0.05, 0.1) is 5.56 Å². The van der Waals surface area contributed by atoms with Crippen molar-refractivity contribution in [2.45, 2.75) is 32.5 Å². The smallest absolute Gasteiger partial charge is 0.338 e. The van der Waals surface area contributed by atoms with Gasteiger partial charge in [-0.05, 0) is 53.3 Å². The zero-order chi connectivity index (χ0) is 26.6. The van der Waals surface area contributed by atoms with Crippen molar-refractivity contribution < 1.29 is 22.4 Å². The summed E-state index contributed by atoms with van der Waals surface area (Å²) in [5.74, 6) is -0.183. The van der Waals surface area contributed by atoms with Crippen LogP contribution in [-0.4, -0.2) is 41.9 Å². The van der Waals surface area contributed by atoms with Gasteiger partial charge in [0.2, 0.25) is 0 Å². The number of nitrogens with zero attached hydrogens (tertiary/aromatic N) is 2. The molecular formula is C30H32F4N2O. The monoisotopic (exact) mass is 512 g/mol. The van der Waals surface area contributed by atoms with Crippen LogP contribution in [0.25, 0.3) is 0 Å². The molecule has 0 N–H and O–H groups in total. The normalized spacial score (nSPS) is 18.4. The van der Waals surface area contributed by atoms with Gasteiger partial charge in [-0.25, -0.2) is 4.39 Å². The Bertz CT molecular complexity index is 1200. The highest BCUT2D eigenvalue weighted by Gasteiger charge is 2.37. The Morgan fingerprint density at radius 1 is 0.973 bits per heavy atom. The van der Waals surface area contributed by atoms with Gasteiger partial charge in [-0.2, -0.15) is 13.2 Å². The molecule has 37 heavy (non-hydrogen) atoms. The lowest BCUT2D eigenvalue weighted by Gasteiger charge is -2.30. The molecule has 3 aromatic carbocycles. The van der Waals surface area contributed by atoms with Crippen molar-refractivity contribution >= 4 is 5.91 Å². The van der Waals surface area contributed by atoms with Gasteiger partial charge in [-0.3, -0.25) is 9.69 Å². The fraction of sp³-hybridized carbons (Fsp3) is 0.367. The summed E-state index contributed by atoms with van der Waals surface area (Å²) in [5, 5.41) is 0. The molecule has 4 rings (SSSR count). The zero-order valence-electron chi connectivity index (χ0n) is 21.1. The van der Waals surface area contributed by atoms with E-state index < -0.39 is 11.7 Å². The van der Waals surface area contributed by atoms with Gasteiger partial charge in [-0.1, -0.05) is 62.4 Å². The number of amides is 1. The second kappa shape index (κ2) is 11.5. The highest BCUT2D eigenvalue weighted by atomic mass is 19.4. The average Bonchev–Trinajstić information content (AvgIpc) is 3.25. The highest BCUT2D eigenvalue weighted by molar-refractivity contribution is 5.94. The molecule has 1 fully saturated rings. The van der Waals surface area contributed by atoms with Gasteiger partial charge in [-0.15, -0.1) is 0 Å². The summed E-state index contributed by atoms with van der Waals surface area (Å²) in [6, 6.07) is 21.0. The third-order valence-electron chi connectivity index (χ3n) is 6.80. The van der Waals surface area contributed by atoms with E-state index in [0.717, 1.165) is 11.6 Å². The molecule has 2 unspecified atom stereocenters. The second-order valence-corrected chi connectivity index (χ2v) is 10.3. The zero-order valence-corrected chi connectivity index (χ0v) is 21.1. The number of hydrogen-bond acceptors (Lipinski definition) is 2. The number of carbonyl (C=O) groups is 1. The fourth-order valence-corrected chi connectivity index (χ4v) is 5.22. The predicted octanol–water partition coefficient (Wildman–Crippen LogP) is 6.86. The molecule has 0 radical (unpaired) electrons. The van der Waals surface area contributed by atoms with Gasteiger partial charge in [0.25, 0.3) is 5.91 Å². The summed E-state index contributed by atoms with van der Waals surface area (Å²) in [6.45, 7) is 6.68. The first-order valence-corrected chi connectivity index (χ1v) is 12.6. The number of benzene rings is 3. The van der Waals surface area contributed by atoms with Crippen LogP contribution in [0, 0.1) is 17.7 Å². The van der Waals surface area contributed by atoms with Crippen molar-refractivity contribution in [3.05, 3.63) is 107 Å². The Labute approximate surface area is 215 Å². The Balaban J connectivity index is 1.59. The van der Waals surface area contributed by atoms with E-state index in [1.807, 2.05) is 29.2 Å². The minimum Gasteiger partial charge on any atom is -0.338 e. The first-order chi connectivity index (χ1) is 17.6. The number of likely N-dealkylation sites (tertiary alicyclic amines) is 1. The molecule has 196 valence electrons. The average molecular weight is 513 g/mol. The molecule has 0 aromatic heterocycles. The molecule has 2 atom stereocenters. The minimum absolute atomic E-state index is 0.000916. The molecule has 1 aliphatic rings. The molecule has 0 saturated carbocycles. The first-order valence-electron chi connectivity index (χ1n) is 12.6. The summed E-state index contributed by atoms with van der Waals surface area (Å²) in [5.41, 5.74) is 1.37. The third-order valence-corrected chi connectivity index (χ3v) is 6.80. The molecule has 1 heterocycles. The molecule has 3 aromatic rings. The van der Waals surface area contributed by atoms with Crippen LogP contribution in [0.2, 0.25) is 0 Å². The lowest BCUT2D eigenvalue weighted by atomic mass is 9.88. The van der Waals surface area contributed by atoms with Crippen molar-refractivity contribution in [3.63, 3.8) is 0 Å². The Morgan fingerprint density at radius 3 is 2.38 bits per heavy atom. The summed E-state index contributed by atoms with van der Waals surface area (Å²) in [4.78, 5) is 17.4. The first kappa shape index (κ1) is 26.9. The molecule has 0 aliphatic carbocycles. The van der Waals surface area contributed by atoms with E-state index in [1.54, 1.807) is 24.3 Å². The Kier molecular flexibility index (Phi) is 8.32. The van der Waals surface area contributed by atoms with E-state index in [0.29, 0.717) is 43.9 Å². The van der Waals surface area contributed by atoms with E-state index in [1.165, 1.54) is 24.3 Å². The number of carbonyl (C=O) groups excluding carboxylic acids is 1. The molecule has 1 saturated heterocycles. The van der Waals surface area contributed by atoms with Crippen LogP contribution in [0.3, 0.4) is 0 Å². The van der Waals surface area contributed by atoms with Crippen molar-refractivity contribution in [3.8, 4) is 0 Å². The quantitative estimate of drug-likeness (QED) is 0.308. The van der Waals surface area contributed by atoms with Crippen molar-refractivity contribution in [1.82, 2.24) is 9.80 Å². The standard InChI is InChI=1S/C30H32F4N2O/c1-21(2)16-36(29(37)23-9-4-3-5-10-23)19-25-18-35(20-28(25)24-11-7-13-27(31)15-24)17-22-8-6-12-26(14-22)30(32,33)34/h3-15,21,25,28H,16-20H2,1-2H3. The van der Waals surface area contributed by atoms with E-state index in [-0.39, 0.29) is 29.5 Å². The highest BCUT2D eigenvalue weighted by Crippen LogP contribution is 2.36. The summed E-state index contributed by atoms with van der Waals surface area (Å²) >= 11 is 0. The maximum Gasteiger partial charge on any atom is 0.416 e. The molecule has 1 amide bonds. The van der Waals surface area contributed by atoms with Gasteiger partial charge in [0.1, 0.15) is 5.82 Å². The summed E-state index contributed by atoms with van der Waals surface area (Å²) in [6.07, 6.45) is -4.40. The molecule has 7 heteroatoms. The van der Waals surface area contributed by atoms with Crippen LogP contribution < -0.4 is 0 Å². The molecular weight excluding hydrogens is 480 g/mol. The van der Waals surface area contributed by atoms with Crippen molar-refractivity contribution in [2.75, 3.05) is 26.2 Å². The van der Waals surface area contributed by atoms with Gasteiger partial charge in [0, 0.05) is 44.2 Å². The van der Waals surface area contributed by atoms with Crippen molar-refractivity contribution in [2.24, 2.45) is 11.8 Å². The number of hydrogen-bond donors (Lipinski definition) is 0. The Morgan fingerprint density at radius 2 is 1.70 bits per heavy atom. The maximum absolute atomic E-state index is 14.1. The van der Waals surface area contributed by atoms with E-state index in [9.17, 15) is 22.4 Å². The summed E-state index contributed by atoms with van der Waals surface area (Å²) in [7, 11) is 0. The van der Waals surface area contributed by atoms with E-state index in [2.05, 4.69) is 18.7 Å². The predicted molar refractivity (Wildman–Crippen MR) is 137 cm³/mol. The molecule has 3 nitrogen and oxygen atoms in total. The number of alkyl halides is 3. The molecule has 1 aliphatic heterocycles. The van der Waals surface area contributed by atoms with Crippen LogP contribution in [0.4, 0.5) is 17.6 Å². The van der Waals surface area contributed by atoms with Gasteiger partial charge >= 0.3 is 6.18 Å². The van der Waals surface area contributed by atoms with Crippen LogP contribution in [0.5, 0.6) is 0 Å². The SMILES string of the molecule is CC(C)CN(CC1CN(Cc2cccc(C(F)(F)F)c2)CC1c1cccc(F)c1)C(=O)c1ccccc1. The van der Waals surface area contributed by atoms with E-state index in [4.69, 9.17) is 0 Å². The Hall–Kier alpha value is -3.19. The summed E-state index contributed by atoms with van der Waals surface area (Å²) < 4.78 is 53.9. The second-order valence-electron chi connectivity index (χ2n) is 10.3. The minimum atomic E-state index is -4.40.